The van der Waals surface area contributed by atoms with Gasteiger partial charge in [-0.15, -0.1) is 11.3 Å². The largest absolute Gasteiger partial charge is 0.337 e. The Morgan fingerprint density at radius 3 is 2.88 bits per heavy atom. The van der Waals surface area contributed by atoms with Crippen LogP contribution in [-0.4, -0.2) is 29.8 Å². The number of amides is 2. The van der Waals surface area contributed by atoms with Crippen LogP contribution in [0.25, 0.3) is 0 Å². The zero-order valence-corrected chi connectivity index (χ0v) is 15.0. The van der Waals surface area contributed by atoms with E-state index in [1.807, 2.05) is 36.6 Å². The van der Waals surface area contributed by atoms with Gasteiger partial charge in [0.1, 0.15) is 0 Å². The topological polar surface area (TPSA) is 49.4 Å². The number of benzene rings is 1. The second-order valence-corrected chi connectivity index (χ2v) is 7.38. The Morgan fingerprint density at radius 1 is 1.33 bits per heavy atom. The summed E-state index contributed by atoms with van der Waals surface area (Å²) in [6, 6.07) is 9.17. The summed E-state index contributed by atoms with van der Waals surface area (Å²) in [4.78, 5) is 27.5. The van der Waals surface area contributed by atoms with Crippen LogP contribution >= 0.6 is 22.9 Å². The minimum atomic E-state index is -0.192. The van der Waals surface area contributed by atoms with Gasteiger partial charge < -0.3 is 10.2 Å². The summed E-state index contributed by atoms with van der Waals surface area (Å²) in [6.45, 7) is 3.09. The lowest BCUT2D eigenvalue weighted by molar-refractivity contribution is -0.121. The lowest BCUT2D eigenvalue weighted by Gasteiger charge is -2.31. The van der Waals surface area contributed by atoms with Crippen LogP contribution in [0.4, 0.5) is 5.69 Å². The zero-order valence-electron chi connectivity index (χ0n) is 13.4. The van der Waals surface area contributed by atoms with Gasteiger partial charge in [-0.2, -0.15) is 0 Å². The predicted molar refractivity (Wildman–Crippen MR) is 97.8 cm³/mol. The van der Waals surface area contributed by atoms with Crippen molar-refractivity contribution >= 4 is 40.4 Å². The molecule has 1 saturated heterocycles. The highest BCUT2D eigenvalue weighted by molar-refractivity contribution is 7.12. The van der Waals surface area contributed by atoms with E-state index in [0.29, 0.717) is 23.8 Å². The first-order valence-electron chi connectivity index (χ1n) is 7.94. The second kappa shape index (κ2) is 7.36. The molecule has 0 radical (unpaired) electrons. The van der Waals surface area contributed by atoms with Crippen molar-refractivity contribution in [2.24, 2.45) is 5.92 Å². The lowest BCUT2D eigenvalue weighted by atomic mass is 9.97. The number of carbonyl (C=O) groups is 2. The van der Waals surface area contributed by atoms with Gasteiger partial charge in [0.15, 0.2) is 0 Å². The Hall–Kier alpha value is -1.85. The Labute approximate surface area is 150 Å². The van der Waals surface area contributed by atoms with Crippen LogP contribution in [0.15, 0.2) is 35.7 Å². The molecule has 1 aliphatic heterocycles. The summed E-state index contributed by atoms with van der Waals surface area (Å²) in [5, 5.41) is 5.44. The fourth-order valence-corrected chi connectivity index (χ4v) is 3.72. The maximum atomic E-state index is 12.5. The first-order chi connectivity index (χ1) is 11.5. The van der Waals surface area contributed by atoms with E-state index < -0.39 is 0 Å². The fraction of sp³-hybridized carbons (Fsp3) is 0.333. The zero-order chi connectivity index (χ0) is 17.1. The molecular weight excluding hydrogens is 344 g/mol. The highest BCUT2D eigenvalue weighted by atomic mass is 35.5. The smallest absolute Gasteiger partial charge is 0.263 e. The molecule has 1 N–H and O–H groups in total. The third-order valence-corrected chi connectivity index (χ3v) is 5.52. The van der Waals surface area contributed by atoms with Crippen molar-refractivity contribution in [2.45, 2.75) is 19.8 Å². The molecular formula is C18H19ClN2O2S. The van der Waals surface area contributed by atoms with Crippen molar-refractivity contribution in [3.05, 3.63) is 51.2 Å². The van der Waals surface area contributed by atoms with E-state index in [9.17, 15) is 9.59 Å². The Bertz CT molecular complexity index is 745. The minimum absolute atomic E-state index is 0.0147. The molecule has 2 aromatic rings. The molecule has 1 aromatic heterocycles. The van der Waals surface area contributed by atoms with Gasteiger partial charge in [-0.1, -0.05) is 23.7 Å². The third kappa shape index (κ3) is 3.79. The van der Waals surface area contributed by atoms with E-state index in [1.165, 1.54) is 11.3 Å². The first-order valence-corrected chi connectivity index (χ1v) is 9.20. The van der Waals surface area contributed by atoms with E-state index in [0.717, 1.165) is 23.3 Å². The van der Waals surface area contributed by atoms with E-state index >= 15 is 0 Å². The summed E-state index contributed by atoms with van der Waals surface area (Å²) >= 11 is 7.54. The van der Waals surface area contributed by atoms with Crippen LogP contribution in [-0.2, 0) is 4.79 Å². The van der Waals surface area contributed by atoms with Crippen molar-refractivity contribution in [1.82, 2.24) is 4.90 Å². The number of anilines is 1. The van der Waals surface area contributed by atoms with E-state index in [-0.39, 0.29) is 17.7 Å². The van der Waals surface area contributed by atoms with Crippen LogP contribution < -0.4 is 5.32 Å². The summed E-state index contributed by atoms with van der Waals surface area (Å²) < 4.78 is 0. The van der Waals surface area contributed by atoms with Crippen molar-refractivity contribution in [3.63, 3.8) is 0 Å². The quantitative estimate of drug-likeness (QED) is 0.889. The van der Waals surface area contributed by atoms with Crippen molar-refractivity contribution in [2.75, 3.05) is 18.4 Å². The van der Waals surface area contributed by atoms with Crippen molar-refractivity contribution in [1.29, 1.82) is 0 Å². The Kier molecular flexibility index (Phi) is 5.21. The third-order valence-electron chi connectivity index (χ3n) is 4.25. The van der Waals surface area contributed by atoms with Gasteiger partial charge >= 0.3 is 0 Å². The summed E-state index contributed by atoms with van der Waals surface area (Å²) in [5.74, 6) is -0.234. The number of thiophene rings is 1. The molecule has 0 saturated carbocycles. The molecule has 3 rings (SSSR count). The molecule has 1 fully saturated rings. The van der Waals surface area contributed by atoms with Crippen molar-refractivity contribution in [3.8, 4) is 0 Å². The molecule has 126 valence electrons. The lowest BCUT2D eigenvalue weighted by Crippen LogP contribution is -2.43. The molecule has 1 atom stereocenters. The van der Waals surface area contributed by atoms with Gasteiger partial charge in [0.05, 0.1) is 10.8 Å². The number of hydrogen-bond donors (Lipinski definition) is 1. The number of piperidine rings is 1. The SMILES string of the molecule is Cc1ccc(NC(=O)[C@@H]2CCCN(C(=O)c3cccs3)C2)cc1Cl. The number of likely N-dealkylation sites (tertiary alicyclic amines) is 1. The number of nitrogens with zero attached hydrogens (tertiary/aromatic N) is 1. The Balaban J connectivity index is 1.64. The summed E-state index contributed by atoms with van der Waals surface area (Å²) in [6.07, 6.45) is 1.63. The average Bonchev–Trinajstić information content (AvgIpc) is 3.12. The molecule has 1 aromatic carbocycles. The Morgan fingerprint density at radius 2 is 2.17 bits per heavy atom. The van der Waals surface area contributed by atoms with Gasteiger partial charge in [-0.25, -0.2) is 0 Å². The van der Waals surface area contributed by atoms with E-state index in [1.54, 1.807) is 11.0 Å². The molecule has 0 unspecified atom stereocenters. The van der Waals surface area contributed by atoms with Gasteiger partial charge in [-0.05, 0) is 48.9 Å². The number of carbonyl (C=O) groups excluding carboxylic acids is 2. The van der Waals surface area contributed by atoms with Crippen LogP contribution in [0, 0.1) is 12.8 Å². The summed E-state index contributed by atoms with van der Waals surface area (Å²) in [5.41, 5.74) is 1.66. The molecule has 4 nitrogen and oxygen atoms in total. The minimum Gasteiger partial charge on any atom is -0.337 e. The predicted octanol–water partition coefficient (Wildman–Crippen LogP) is 4.20. The molecule has 1 aliphatic rings. The molecule has 2 amide bonds. The van der Waals surface area contributed by atoms with Gasteiger partial charge in [0.2, 0.25) is 5.91 Å². The van der Waals surface area contributed by atoms with Crippen LogP contribution in [0.5, 0.6) is 0 Å². The summed E-state index contributed by atoms with van der Waals surface area (Å²) in [7, 11) is 0. The average molecular weight is 363 g/mol. The second-order valence-electron chi connectivity index (χ2n) is 6.02. The normalized spacial score (nSPS) is 17.6. The van der Waals surface area contributed by atoms with E-state index in [4.69, 9.17) is 11.6 Å². The maximum Gasteiger partial charge on any atom is 0.263 e. The monoisotopic (exact) mass is 362 g/mol. The number of halogens is 1. The molecule has 24 heavy (non-hydrogen) atoms. The van der Waals surface area contributed by atoms with Crippen molar-refractivity contribution < 1.29 is 9.59 Å². The highest BCUT2D eigenvalue weighted by Gasteiger charge is 2.29. The highest BCUT2D eigenvalue weighted by Crippen LogP contribution is 2.24. The number of hydrogen-bond acceptors (Lipinski definition) is 3. The van der Waals surface area contributed by atoms with Crippen LogP contribution in [0.2, 0.25) is 5.02 Å². The fourth-order valence-electron chi connectivity index (χ4n) is 2.85. The number of nitrogens with one attached hydrogen (secondary N) is 1. The van der Waals surface area contributed by atoms with E-state index in [2.05, 4.69) is 5.32 Å². The maximum absolute atomic E-state index is 12.5. The van der Waals surface area contributed by atoms with Crippen LogP contribution in [0.3, 0.4) is 0 Å². The molecule has 0 spiro atoms. The number of rotatable bonds is 3. The molecule has 0 bridgehead atoms. The molecule has 6 heteroatoms. The standard InChI is InChI=1S/C18H19ClN2O2S/c1-12-6-7-14(10-15(12)19)20-17(22)13-4-2-8-21(11-13)18(23)16-5-3-9-24-16/h3,5-7,9-10,13H,2,4,8,11H2,1H3,(H,20,22)/t13-/m1/s1. The van der Waals surface area contributed by atoms with Gasteiger partial charge in [0.25, 0.3) is 5.91 Å². The molecule has 0 aliphatic carbocycles. The molecule has 2 heterocycles. The van der Waals surface area contributed by atoms with Crippen LogP contribution in [0.1, 0.15) is 28.1 Å². The van der Waals surface area contributed by atoms with Gasteiger partial charge in [0, 0.05) is 23.8 Å². The number of aryl methyl sites for hydroxylation is 1. The first kappa shape index (κ1) is 17.0. The van der Waals surface area contributed by atoms with Gasteiger partial charge in [-0.3, -0.25) is 9.59 Å².